The van der Waals surface area contributed by atoms with Crippen molar-refractivity contribution in [1.82, 2.24) is 9.55 Å². The molecule has 1 aliphatic rings. The highest BCUT2D eigenvalue weighted by Crippen LogP contribution is 2.43. The van der Waals surface area contributed by atoms with E-state index in [9.17, 15) is 14.3 Å². The number of alkyl halides is 1. The average molecular weight is 255 g/mol. The van der Waals surface area contributed by atoms with Crippen LogP contribution >= 0.6 is 0 Å². The second kappa shape index (κ2) is 4.18. The van der Waals surface area contributed by atoms with Crippen LogP contribution in [0.25, 0.3) is 0 Å². The zero-order valence-electron chi connectivity index (χ0n) is 9.58. The van der Waals surface area contributed by atoms with E-state index < -0.39 is 30.1 Å². The number of aliphatic hydroxyl groups is 2. The van der Waals surface area contributed by atoms with Gasteiger partial charge in [-0.1, -0.05) is 6.58 Å². The van der Waals surface area contributed by atoms with Crippen LogP contribution in [0.15, 0.2) is 29.2 Å². The first-order chi connectivity index (χ1) is 8.40. The Balaban J connectivity index is 2.42. The maximum absolute atomic E-state index is 14.2. The number of rotatable bonds is 2. The third kappa shape index (κ3) is 1.72. The molecular weight excluding hydrogens is 241 g/mol. The molecule has 18 heavy (non-hydrogen) atoms. The maximum atomic E-state index is 14.2. The Labute approximate surface area is 102 Å². The average Bonchev–Trinajstić information content (AvgIpc) is 2.54. The van der Waals surface area contributed by atoms with E-state index in [0.717, 1.165) is 4.57 Å². The summed E-state index contributed by atoms with van der Waals surface area (Å²) in [4.78, 5) is 15.2. The van der Waals surface area contributed by atoms with E-state index in [4.69, 9.17) is 10.8 Å². The van der Waals surface area contributed by atoms with E-state index in [0.29, 0.717) is 0 Å². The van der Waals surface area contributed by atoms with Crippen LogP contribution < -0.4 is 11.4 Å². The molecule has 1 aliphatic carbocycles. The summed E-state index contributed by atoms with van der Waals surface area (Å²) in [7, 11) is 0. The van der Waals surface area contributed by atoms with E-state index in [-0.39, 0.29) is 17.8 Å². The van der Waals surface area contributed by atoms with E-state index in [1.807, 2.05) is 0 Å². The summed E-state index contributed by atoms with van der Waals surface area (Å²) in [6.45, 7) is 2.66. The topological polar surface area (TPSA) is 101 Å². The second-order valence-corrected chi connectivity index (χ2v) is 4.36. The van der Waals surface area contributed by atoms with Gasteiger partial charge in [-0.3, -0.25) is 4.57 Å². The highest BCUT2D eigenvalue weighted by atomic mass is 19.1. The number of nitrogen functional groups attached to an aromatic ring is 1. The first kappa shape index (κ1) is 12.7. The molecule has 1 aromatic heterocycles. The van der Waals surface area contributed by atoms with E-state index >= 15 is 0 Å². The molecule has 1 heterocycles. The molecule has 0 unspecified atom stereocenters. The van der Waals surface area contributed by atoms with Crippen LogP contribution in [0.5, 0.6) is 0 Å². The molecule has 0 amide bonds. The van der Waals surface area contributed by atoms with Gasteiger partial charge in [-0.25, -0.2) is 9.18 Å². The summed E-state index contributed by atoms with van der Waals surface area (Å²) in [5.74, 6) is 0.0640. The molecular formula is C11H14FN3O3. The van der Waals surface area contributed by atoms with Crippen LogP contribution in [-0.4, -0.2) is 38.1 Å². The van der Waals surface area contributed by atoms with Crippen molar-refractivity contribution in [3.8, 4) is 0 Å². The van der Waals surface area contributed by atoms with Crippen LogP contribution in [0.1, 0.15) is 12.5 Å². The third-order valence-electron chi connectivity index (χ3n) is 3.33. The van der Waals surface area contributed by atoms with Gasteiger partial charge in [0.05, 0.1) is 18.8 Å². The number of hydrogen-bond donors (Lipinski definition) is 3. The molecule has 0 radical (unpaired) electrons. The van der Waals surface area contributed by atoms with Crippen LogP contribution in [0.4, 0.5) is 10.2 Å². The fourth-order valence-corrected chi connectivity index (χ4v) is 2.18. The molecule has 0 bridgehead atoms. The number of anilines is 1. The molecule has 1 fully saturated rings. The van der Waals surface area contributed by atoms with Gasteiger partial charge in [0.15, 0.2) is 5.67 Å². The molecule has 4 N–H and O–H groups in total. The van der Waals surface area contributed by atoms with Gasteiger partial charge in [0, 0.05) is 12.6 Å². The minimum Gasteiger partial charge on any atom is -0.393 e. The Kier molecular flexibility index (Phi) is 2.95. The lowest BCUT2D eigenvalue weighted by atomic mass is 9.99. The Bertz CT molecular complexity index is 545. The van der Waals surface area contributed by atoms with Gasteiger partial charge in [-0.2, -0.15) is 4.98 Å². The van der Waals surface area contributed by atoms with Crippen LogP contribution in [0.2, 0.25) is 0 Å². The molecule has 6 nitrogen and oxygen atoms in total. The quantitative estimate of drug-likeness (QED) is 0.612. The minimum absolute atomic E-state index is 0.0360. The van der Waals surface area contributed by atoms with E-state index in [1.165, 1.54) is 12.3 Å². The van der Waals surface area contributed by atoms with Crippen molar-refractivity contribution in [2.24, 2.45) is 0 Å². The van der Waals surface area contributed by atoms with E-state index in [1.54, 1.807) is 0 Å². The molecule has 3 atom stereocenters. The Hall–Kier alpha value is -1.73. The predicted molar refractivity (Wildman–Crippen MR) is 62.6 cm³/mol. The van der Waals surface area contributed by atoms with Crippen LogP contribution in [-0.2, 0) is 0 Å². The second-order valence-electron chi connectivity index (χ2n) is 4.36. The number of nitrogens with two attached hydrogens (primary N) is 1. The van der Waals surface area contributed by atoms with Crippen molar-refractivity contribution in [1.29, 1.82) is 0 Å². The number of nitrogens with zero attached hydrogens (tertiary/aromatic N) is 2. The molecule has 1 saturated carbocycles. The van der Waals surface area contributed by atoms with Gasteiger partial charge >= 0.3 is 5.69 Å². The van der Waals surface area contributed by atoms with Gasteiger partial charge in [-0.05, 0) is 11.6 Å². The van der Waals surface area contributed by atoms with E-state index in [2.05, 4.69) is 11.6 Å². The highest BCUT2D eigenvalue weighted by molar-refractivity contribution is 5.30. The molecule has 7 heteroatoms. The van der Waals surface area contributed by atoms with Crippen molar-refractivity contribution in [3.05, 3.63) is 34.9 Å². The summed E-state index contributed by atoms with van der Waals surface area (Å²) in [5.41, 5.74) is 2.39. The number of hydrogen-bond acceptors (Lipinski definition) is 5. The lowest BCUT2D eigenvalue weighted by Gasteiger charge is -2.22. The zero-order valence-corrected chi connectivity index (χ0v) is 9.58. The standard InChI is InChI=1S/C11H14FN3O3/c1-6-7(4-8(17)11(6,12)5-16)15-3-2-9(13)14-10(15)18/h2-3,7-8,16-17H,1,4-5H2,(H2,13,14,18)/t7-,8-,11+/m0/s1. The van der Waals surface area contributed by atoms with Gasteiger partial charge in [-0.15, -0.1) is 0 Å². The molecule has 2 rings (SSSR count). The molecule has 0 aromatic carbocycles. The number of aliphatic hydroxyl groups excluding tert-OH is 2. The fourth-order valence-electron chi connectivity index (χ4n) is 2.18. The molecule has 98 valence electrons. The van der Waals surface area contributed by atoms with Gasteiger partial charge in [0.2, 0.25) is 0 Å². The smallest absolute Gasteiger partial charge is 0.350 e. The SMILES string of the molecule is C=C1[C@@H](n2ccc(N)nc2=O)C[C@H](O)[C@@]1(F)CO. The lowest BCUT2D eigenvalue weighted by Crippen LogP contribution is -2.38. The van der Waals surface area contributed by atoms with Gasteiger partial charge in [0.25, 0.3) is 0 Å². The fraction of sp³-hybridized carbons (Fsp3) is 0.455. The van der Waals surface area contributed by atoms with Crippen molar-refractivity contribution >= 4 is 5.82 Å². The summed E-state index contributed by atoms with van der Waals surface area (Å²) < 4.78 is 15.4. The monoisotopic (exact) mass is 255 g/mol. The van der Waals surface area contributed by atoms with Crippen molar-refractivity contribution in [3.63, 3.8) is 0 Å². The lowest BCUT2D eigenvalue weighted by molar-refractivity contribution is -0.00223. The summed E-state index contributed by atoms with van der Waals surface area (Å²) in [6, 6.07) is 0.663. The largest absolute Gasteiger partial charge is 0.393 e. The Morgan fingerprint density at radius 3 is 2.89 bits per heavy atom. The van der Waals surface area contributed by atoms with Crippen molar-refractivity contribution < 1.29 is 14.6 Å². The molecule has 0 saturated heterocycles. The molecule has 0 spiro atoms. The highest BCUT2D eigenvalue weighted by Gasteiger charge is 2.51. The maximum Gasteiger partial charge on any atom is 0.350 e. The van der Waals surface area contributed by atoms with Crippen molar-refractivity contribution in [2.75, 3.05) is 12.3 Å². The van der Waals surface area contributed by atoms with Gasteiger partial charge in [0.1, 0.15) is 5.82 Å². The zero-order chi connectivity index (χ0) is 13.5. The third-order valence-corrected chi connectivity index (χ3v) is 3.33. The number of halogens is 1. The molecule has 0 aliphatic heterocycles. The Morgan fingerprint density at radius 2 is 2.39 bits per heavy atom. The van der Waals surface area contributed by atoms with Crippen LogP contribution in [0, 0.1) is 0 Å². The van der Waals surface area contributed by atoms with Crippen LogP contribution in [0.3, 0.4) is 0 Å². The summed E-state index contributed by atoms with van der Waals surface area (Å²) in [6.07, 6.45) is -0.0676. The number of aromatic nitrogens is 2. The van der Waals surface area contributed by atoms with Crippen molar-refractivity contribution in [2.45, 2.75) is 24.2 Å². The predicted octanol–water partition coefficient (Wildman–Crippen LogP) is -0.612. The minimum atomic E-state index is -2.29. The Morgan fingerprint density at radius 1 is 1.72 bits per heavy atom. The first-order valence-electron chi connectivity index (χ1n) is 5.42. The summed E-state index contributed by atoms with van der Waals surface area (Å²) in [5, 5.41) is 18.7. The normalized spacial score (nSPS) is 31.8. The first-order valence-corrected chi connectivity index (χ1v) is 5.42. The summed E-state index contributed by atoms with van der Waals surface area (Å²) >= 11 is 0. The molecule has 1 aromatic rings. The van der Waals surface area contributed by atoms with Gasteiger partial charge < -0.3 is 15.9 Å².